The van der Waals surface area contributed by atoms with Crippen LogP contribution in [-0.2, 0) is 16.0 Å². The molecular formula is C21H26FN7O3. The van der Waals surface area contributed by atoms with E-state index in [1.54, 1.807) is 13.3 Å². The van der Waals surface area contributed by atoms with E-state index < -0.39 is 11.7 Å². The van der Waals surface area contributed by atoms with Crippen LogP contribution >= 0.6 is 0 Å². The van der Waals surface area contributed by atoms with E-state index in [1.165, 1.54) is 0 Å². The fourth-order valence-electron chi connectivity index (χ4n) is 3.68. The molecule has 1 aliphatic rings. The highest BCUT2D eigenvalue weighted by molar-refractivity contribution is 6.00. The van der Waals surface area contributed by atoms with Gasteiger partial charge in [-0.15, -0.1) is 0 Å². The van der Waals surface area contributed by atoms with Crippen molar-refractivity contribution in [3.63, 3.8) is 0 Å². The fourth-order valence-corrected chi connectivity index (χ4v) is 3.68. The van der Waals surface area contributed by atoms with Crippen LogP contribution in [0.1, 0.15) is 16.8 Å². The second kappa shape index (κ2) is 9.47. The number of benzene rings is 1. The van der Waals surface area contributed by atoms with Crippen molar-refractivity contribution in [2.75, 3.05) is 37.6 Å². The Kier molecular flexibility index (Phi) is 6.49. The van der Waals surface area contributed by atoms with E-state index in [4.69, 9.17) is 20.9 Å². The number of nitrogens with two attached hydrogens (primary N) is 2. The standard InChI is InChI=1S/C21H26FN7O3/c1-31-8-6-29-18-4-2-3-16(13(18)10-25-29)26-20-12(19(24)30)9-14(22)21(28-20)27-17-5-7-32-11-15(17)23/h2-4,9-10,15,17H,5-8,11,23H2,1H3,(H2,24,30)(H2,26,27,28)/t15-,17+/m0/s1. The van der Waals surface area contributed by atoms with Crippen LogP contribution in [0.15, 0.2) is 30.5 Å². The lowest BCUT2D eigenvalue weighted by atomic mass is 10.0. The number of hydrogen-bond donors (Lipinski definition) is 4. The average Bonchev–Trinajstić information content (AvgIpc) is 3.19. The van der Waals surface area contributed by atoms with Gasteiger partial charge in [-0.1, -0.05) is 6.07 Å². The summed E-state index contributed by atoms with van der Waals surface area (Å²) in [5.41, 5.74) is 13.0. The lowest BCUT2D eigenvalue weighted by Gasteiger charge is -2.30. The second-order valence-electron chi connectivity index (χ2n) is 7.58. The molecule has 1 aliphatic heterocycles. The summed E-state index contributed by atoms with van der Waals surface area (Å²) in [5, 5.41) is 11.4. The number of anilines is 3. The number of aromatic nitrogens is 3. The zero-order chi connectivity index (χ0) is 22.7. The van der Waals surface area contributed by atoms with E-state index in [9.17, 15) is 9.18 Å². The molecule has 6 N–H and O–H groups in total. The number of methoxy groups -OCH3 is 1. The first-order valence-electron chi connectivity index (χ1n) is 10.3. The van der Waals surface area contributed by atoms with Crippen LogP contribution in [0.25, 0.3) is 10.9 Å². The minimum atomic E-state index is -0.795. The molecule has 11 heteroatoms. The normalized spacial score (nSPS) is 18.6. The largest absolute Gasteiger partial charge is 0.383 e. The third kappa shape index (κ3) is 4.49. The molecule has 1 saturated heterocycles. The number of rotatable bonds is 8. The third-order valence-corrected chi connectivity index (χ3v) is 5.41. The monoisotopic (exact) mass is 443 g/mol. The predicted molar refractivity (Wildman–Crippen MR) is 118 cm³/mol. The van der Waals surface area contributed by atoms with Crippen molar-refractivity contribution in [2.24, 2.45) is 11.5 Å². The van der Waals surface area contributed by atoms with Crippen LogP contribution in [0.2, 0.25) is 0 Å². The van der Waals surface area contributed by atoms with Gasteiger partial charge in [-0.2, -0.15) is 5.10 Å². The van der Waals surface area contributed by atoms with Gasteiger partial charge < -0.3 is 31.6 Å². The van der Waals surface area contributed by atoms with Gasteiger partial charge >= 0.3 is 0 Å². The lowest BCUT2D eigenvalue weighted by molar-refractivity contribution is 0.0751. The highest BCUT2D eigenvalue weighted by atomic mass is 19.1. The molecule has 0 unspecified atom stereocenters. The molecule has 3 aromatic rings. The third-order valence-electron chi connectivity index (χ3n) is 5.41. The summed E-state index contributed by atoms with van der Waals surface area (Å²) in [6, 6.07) is 6.16. The highest BCUT2D eigenvalue weighted by Crippen LogP contribution is 2.29. The number of hydrogen-bond acceptors (Lipinski definition) is 8. The number of nitrogens with one attached hydrogen (secondary N) is 2. The van der Waals surface area contributed by atoms with E-state index in [-0.39, 0.29) is 29.3 Å². The number of pyridine rings is 1. The van der Waals surface area contributed by atoms with Crippen LogP contribution in [-0.4, -0.2) is 59.7 Å². The Hall–Kier alpha value is -3.28. The fraction of sp³-hybridized carbons (Fsp3) is 0.381. The van der Waals surface area contributed by atoms with Crippen molar-refractivity contribution >= 4 is 34.1 Å². The number of amides is 1. The molecule has 170 valence electrons. The van der Waals surface area contributed by atoms with Crippen molar-refractivity contribution in [1.82, 2.24) is 14.8 Å². The maximum absolute atomic E-state index is 14.7. The lowest BCUT2D eigenvalue weighted by Crippen LogP contribution is -2.47. The SMILES string of the molecule is COCCn1ncc2c(Nc3nc(N[C@@H]4CCOC[C@@H]4N)c(F)cc3C(N)=O)cccc21. The van der Waals surface area contributed by atoms with E-state index in [0.29, 0.717) is 38.5 Å². The Morgan fingerprint density at radius 2 is 2.25 bits per heavy atom. The summed E-state index contributed by atoms with van der Waals surface area (Å²) in [7, 11) is 1.63. The van der Waals surface area contributed by atoms with Crippen LogP contribution in [0.3, 0.4) is 0 Å². The smallest absolute Gasteiger partial charge is 0.252 e. The molecule has 1 aromatic carbocycles. The Bertz CT molecular complexity index is 1120. The maximum Gasteiger partial charge on any atom is 0.252 e. The van der Waals surface area contributed by atoms with Crippen LogP contribution in [0, 0.1) is 5.82 Å². The van der Waals surface area contributed by atoms with Crippen molar-refractivity contribution < 1.29 is 18.7 Å². The van der Waals surface area contributed by atoms with Gasteiger partial charge in [0.05, 0.1) is 42.7 Å². The van der Waals surface area contributed by atoms with Gasteiger partial charge in [0.1, 0.15) is 5.82 Å². The highest BCUT2D eigenvalue weighted by Gasteiger charge is 2.25. The van der Waals surface area contributed by atoms with Crippen LogP contribution in [0.5, 0.6) is 0 Å². The molecule has 10 nitrogen and oxygen atoms in total. The van der Waals surface area contributed by atoms with Gasteiger partial charge in [0.2, 0.25) is 0 Å². The molecule has 0 aliphatic carbocycles. The van der Waals surface area contributed by atoms with Crippen molar-refractivity contribution in [3.8, 4) is 0 Å². The average molecular weight is 443 g/mol. The van der Waals surface area contributed by atoms with E-state index >= 15 is 0 Å². The molecule has 1 amide bonds. The molecule has 0 saturated carbocycles. The molecule has 1 fully saturated rings. The molecule has 3 heterocycles. The summed E-state index contributed by atoms with van der Waals surface area (Å²) < 4.78 is 27.0. The summed E-state index contributed by atoms with van der Waals surface area (Å²) in [6.45, 7) is 2.00. The number of carbonyl (C=O) groups excluding carboxylic acids is 1. The predicted octanol–water partition coefficient (Wildman–Crippen LogP) is 1.59. The number of primary amides is 1. The first kappa shape index (κ1) is 21.9. The zero-order valence-electron chi connectivity index (χ0n) is 17.7. The molecule has 2 atom stereocenters. The van der Waals surface area contributed by atoms with Crippen molar-refractivity contribution in [2.45, 2.75) is 25.0 Å². The van der Waals surface area contributed by atoms with Gasteiger partial charge in [-0.3, -0.25) is 9.48 Å². The Morgan fingerprint density at radius 1 is 1.41 bits per heavy atom. The van der Waals surface area contributed by atoms with Gasteiger partial charge in [0, 0.05) is 31.2 Å². The molecule has 0 bridgehead atoms. The minimum absolute atomic E-state index is 0.0113. The number of halogens is 1. The van der Waals surface area contributed by atoms with E-state index in [1.807, 2.05) is 22.9 Å². The van der Waals surface area contributed by atoms with E-state index in [0.717, 1.165) is 17.0 Å². The second-order valence-corrected chi connectivity index (χ2v) is 7.58. The quantitative estimate of drug-likeness (QED) is 0.411. The number of ether oxygens (including phenoxy) is 2. The summed E-state index contributed by atoms with van der Waals surface area (Å²) in [4.78, 5) is 16.3. The zero-order valence-corrected chi connectivity index (χ0v) is 17.7. The maximum atomic E-state index is 14.7. The van der Waals surface area contributed by atoms with Crippen molar-refractivity contribution in [3.05, 3.63) is 41.8 Å². The Labute approximate surface area is 184 Å². The number of nitrogens with zero attached hydrogens (tertiary/aromatic N) is 3. The molecule has 32 heavy (non-hydrogen) atoms. The minimum Gasteiger partial charge on any atom is -0.383 e. The first-order chi connectivity index (χ1) is 15.5. The number of carbonyl (C=O) groups is 1. The molecule has 0 spiro atoms. The summed E-state index contributed by atoms with van der Waals surface area (Å²) in [5.74, 6) is -1.35. The van der Waals surface area contributed by atoms with Gasteiger partial charge in [-0.25, -0.2) is 9.37 Å². The van der Waals surface area contributed by atoms with Gasteiger partial charge in [0.15, 0.2) is 11.6 Å². The molecule has 2 aromatic heterocycles. The molecule has 0 radical (unpaired) electrons. The van der Waals surface area contributed by atoms with E-state index in [2.05, 4.69) is 20.7 Å². The summed E-state index contributed by atoms with van der Waals surface area (Å²) >= 11 is 0. The first-order valence-corrected chi connectivity index (χ1v) is 10.3. The van der Waals surface area contributed by atoms with Crippen LogP contribution < -0.4 is 22.1 Å². The molecule has 4 rings (SSSR count). The topological polar surface area (TPSA) is 142 Å². The Balaban J connectivity index is 1.68. The summed E-state index contributed by atoms with van der Waals surface area (Å²) in [6.07, 6.45) is 2.32. The number of fused-ring (bicyclic) bond motifs is 1. The molecular weight excluding hydrogens is 417 g/mol. The van der Waals surface area contributed by atoms with Gasteiger partial charge in [-0.05, 0) is 24.6 Å². The van der Waals surface area contributed by atoms with Crippen LogP contribution in [0.4, 0.5) is 21.7 Å². The van der Waals surface area contributed by atoms with Gasteiger partial charge in [0.25, 0.3) is 5.91 Å². The Morgan fingerprint density at radius 3 is 3.00 bits per heavy atom. The van der Waals surface area contributed by atoms with Crippen molar-refractivity contribution in [1.29, 1.82) is 0 Å².